The van der Waals surface area contributed by atoms with Gasteiger partial charge in [-0.25, -0.2) is 4.39 Å². The third kappa shape index (κ3) is 2.55. The summed E-state index contributed by atoms with van der Waals surface area (Å²) in [5, 5.41) is 23.0. The Hall–Kier alpha value is -1.37. The molecule has 0 aliphatic heterocycles. The fourth-order valence-corrected chi connectivity index (χ4v) is 1.84. The van der Waals surface area contributed by atoms with Gasteiger partial charge in [0.2, 0.25) is 0 Å². The molecule has 0 radical (unpaired) electrons. The van der Waals surface area contributed by atoms with E-state index in [1.54, 1.807) is 11.6 Å². The fraction of sp³-hybridized carbons (Fsp3) is 0.182. The van der Waals surface area contributed by atoms with Crippen LogP contribution in [0, 0.1) is 12.7 Å². The first-order chi connectivity index (χ1) is 8.49. The van der Waals surface area contributed by atoms with Crippen molar-refractivity contribution < 1.29 is 14.4 Å². The van der Waals surface area contributed by atoms with E-state index in [-0.39, 0.29) is 5.46 Å². The zero-order valence-electron chi connectivity index (χ0n) is 9.64. The van der Waals surface area contributed by atoms with E-state index in [0.717, 1.165) is 11.8 Å². The number of nitrogens with zero attached hydrogens (tertiary/aromatic N) is 2. The first-order valence-corrected chi connectivity index (χ1v) is 5.69. The van der Waals surface area contributed by atoms with Crippen molar-refractivity contribution in [2.45, 2.75) is 13.5 Å². The van der Waals surface area contributed by atoms with Crippen LogP contribution >= 0.6 is 11.6 Å². The van der Waals surface area contributed by atoms with Crippen molar-refractivity contribution >= 4 is 24.2 Å². The average molecular weight is 268 g/mol. The number of halogens is 2. The fourth-order valence-electron chi connectivity index (χ4n) is 1.69. The van der Waals surface area contributed by atoms with Crippen LogP contribution in [-0.2, 0) is 6.54 Å². The summed E-state index contributed by atoms with van der Waals surface area (Å²) >= 11 is 5.88. The Kier molecular flexibility index (Phi) is 3.70. The highest BCUT2D eigenvalue weighted by Crippen LogP contribution is 2.14. The van der Waals surface area contributed by atoms with Crippen molar-refractivity contribution in [2.24, 2.45) is 0 Å². The van der Waals surface area contributed by atoms with Gasteiger partial charge in [0.15, 0.2) is 0 Å². The smallest absolute Gasteiger partial charge is 0.423 e. The predicted molar refractivity (Wildman–Crippen MR) is 67.3 cm³/mol. The van der Waals surface area contributed by atoms with Gasteiger partial charge in [-0.15, -0.1) is 0 Å². The molecule has 0 unspecified atom stereocenters. The van der Waals surface area contributed by atoms with Crippen LogP contribution < -0.4 is 5.46 Å². The van der Waals surface area contributed by atoms with Crippen LogP contribution in [0.15, 0.2) is 24.4 Å². The molecule has 0 aliphatic carbocycles. The highest BCUT2D eigenvalue weighted by Gasteiger charge is 2.18. The monoisotopic (exact) mass is 268 g/mol. The van der Waals surface area contributed by atoms with Gasteiger partial charge in [0, 0.05) is 0 Å². The molecule has 18 heavy (non-hydrogen) atoms. The number of rotatable bonds is 3. The largest absolute Gasteiger partial charge is 0.488 e. The van der Waals surface area contributed by atoms with Gasteiger partial charge in [-0.3, -0.25) is 4.68 Å². The molecule has 0 bridgehead atoms. The lowest BCUT2D eigenvalue weighted by molar-refractivity contribution is 0.424. The van der Waals surface area contributed by atoms with Gasteiger partial charge in [-0.2, -0.15) is 5.10 Å². The van der Waals surface area contributed by atoms with E-state index in [4.69, 9.17) is 11.6 Å². The van der Waals surface area contributed by atoms with E-state index >= 15 is 0 Å². The van der Waals surface area contributed by atoms with Crippen LogP contribution in [0.25, 0.3) is 0 Å². The molecule has 7 heteroatoms. The molecule has 2 N–H and O–H groups in total. The minimum absolute atomic E-state index is 0.126. The zero-order chi connectivity index (χ0) is 13.3. The Balaban J connectivity index is 2.37. The molecule has 0 atom stereocenters. The van der Waals surface area contributed by atoms with Gasteiger partial charge in [0.1, 0.15) is 5.82 Å². The summed E-state index contributed by atoms with van der Waals surface area (Å²) in [4.78, 5) is 0. The molecule has 2 aromatic rings. The number of hydrogen-bond acceptors (Lipinski definition) is 3. The number of hydrogen-bond donors (Lipinski definition) is 2. The van der Waals surface area contributed by atoms with Crippen LogP contribution in [-0.4, -0.2) is 26.9 Å². The van der Waals surface area contributed by atoms with Crippen molar-refractivity contribution in [3.63, 3.8) is 0 Å². The lowest BCUT2D eigenvalue weighted by Gasteiger charge is -2.10. The molecule has 94 valence electrons. The molecule has 0 fully saturated rings. The van der Waals surface area contributed by atoms with Gasteiger partial charge < -0.3 is 10.0 Å². The second kappa shape index (κ2) is 5.10. The Bertz CT molecular complexity index is 574. The van der Waals surface area contributed by atoms with Crippen molar-refractivity contribution in [3.05, 3.63) is 46.5 Å². The first-order valence-electron chi connectivity index (χ1n) is 5.31. The summed E-state index contributed by atoms with van der Waals surface area (Å²) in [5.74, 6) is -0.517. The predicted octanol–water partition coefficient (Wildman–Crippen LogP) is 0.712. The van der Waals surface area contributed by atoms with Gasteiger partial charge in [0.05, 0.1) is 23.5 Å². The minimum atomic E-state index is -1.72. The van der Waals surface area contributed by atoms with Crippen molar-refractivity contribution in [1.82, 2.24) is 9.78 Å². The summed E-state index contributed by atoms with van der Waals surface area (Å²) in [6, 6.07) is 3.86. The van der Waals surface area contributed by atoms with Gasteiger partial charge in [-0.1, -0.05) is 17.7 Å². The second-order valence-corrected chi connectivity index (χ2v) is 4.36. The summed E-state index contributed by atoms with van der Waals surface area (Å²) < 4.78 is 14.7. The molecule has 0 aliphatic rings. The maximum Gasteiger partial charge on any atom is 0.488 e. The van der Waals surface area contributed by atoms with Crippen molar-refractivity contribution in [2.75, 3.05) is 0 Å². The SMILES string of the molecule is Cc1c(Cl)cnn1Cc1ccc(F)cc1B(O)O. The second-order valence-electron chi connectivity index (χ2n) is 3.95. The first kappa shape index (κ1) is 13.1. The lowest BCUT2D eigenvalue weighted by atomic mass is 9.77. The van der Waals surface area contributed by atoms with Crippen LogP contribution in [0.4, 0.5) is 4.39 Å². The average Bonchev–Trinajstić information content (AvgIpc) is 2.63. The molecular formula is C11H11BClFN2O2. The van der Waals surface area contributed by atoms with Gasteiger partial charge in [0.25, 0.3) is 0 Å². The molecule has 1 aromatic carbocycles. The summed E-state index contributed by atoms with van der Waals surface area (Å²) in [5.41, 5.74) is 1.47. The van der Waals surface area contributed by atoms with Crippen LogP contribution in [0.3, 0.4) is 0 Å². The Labute approximate surface area is 109 Å². The minimum Gasteiger partial charge on any atom is -0.423 e. The van der Waals surface area contributed by atoms with E-state index in [1.165, 1.54) is 18.3 Å². The number of aromatic nitrogens is 2. The zero-order valence-corrected chi connectivity index (χ0v) is 10.4. The van der Waals surface area contributed by atoms with E-state index in [1.807, 2.05) is 0 Å². The molecule has 1 aromatic heterocycles. The van der Waals surface area contributed by atoms with E-state index in [9.17, 15) is 14.4 Å². The Morgan fingerprint density at radius 1 is 1.44 bits per heavy atom. The summed E-state index contributed by atoms with van der Waals surface area (Å²) in [7, 11) is -1.72. The Morgan fingerprint density at radius 2 is 2.17 bits per heavy atom. The molecule has 0 saturated heterocycles. The standard InChI is InChI=1S/C11H11BClFN2O2/c1-7-11(13)5-15-16(7)6-8-2-3-9(14)4-10(8)12(17)18/h2-5,17-18H,6H2,1H3. The van der Waals surface area contributed by atoms with Crippen molar-refractivity contribution in [1.29, 1.82) is 0 Å². The molecule has 4 nitrogen and oxygen atoms in total. The number of benzene rings is 1. The van der Waals surface area contributed by atoms with E-state index < -0.39 is 12.9 Å². The third-order valence-electron chi connectivity index (χ3n) is 2.75. The Morgan fingerprint density at radius 3 is 2.72 bits per heavy atom. The molecule has 0 saturated carbocycles. The molecule has 0 amide bonds. The molecular weight excluding hydrogens is 257 g/mol. The summed E-state index contributed by atoms with van der Waals surface area (Å²) in [6.07, 6.45) is 1.51. The molecule has 1 heterocycles. The van der Waals surface area contributed by atoms with Crippen molar-refractivity contribution in [3.8, 4) is 0 Å². The maximum absolute atomic E-state index is 13.1. The van der Waals surface area contributed by atoms with E-state index in [2.05, 4.69) is 5.10 Å². The topological polar surface area (TPSA) is 58.3 Å². The molecule has 2 rings (SSSR count). The normalized spacial score (nSPS) is 10.7. The third-order valence-corrected chi connectivity index (χ3v) is 3.12. The van der Waals surface area contributed by atoms with Gasteiger partial charge in [-0.05, 0) is 30.1 Å². The quantitative estimate of drug-likeness (QED) is 0.806. The lowest BCUT2D eigenvalue weighted by Crippen LogP contribution is -2.34. The van der Waals surface area contributed by atoms with Gasteiger partial charge >= 0.3 is 7.12 Å². The maximum atomic E-state index is 13.1. The summed E-state index contributed by atoms with van der Waals surface area (Å²) in [6.45, 7) is 2.10. The highest BCUT2D eigenvalue weighted by molar-refractivity contribution is 6.59. The highest BCUT2D eigenvalue weighted by atomic mass is 35.5. The van der Waals surface area contributed by atoms with Crippen LogP contribution in [0.5, 0.6) is 0 Å². The van der Waals surface area contributed by atoms with Crippen LogP contribution in [0.1, 0.15) is 11.3 Å². The van der Waals surface area contributed by atoms with Crippen LogP contribution in [0.2, 0.25) is 5.02 Å². The molecule has 0 spiro atoms. The van der Waals surface area contributed by atoms with E-state index in [0.29, 0.717) is 17.1 Å².